The minimum Gasteiger partial charge on any atom is -0.0770 e. The highest BCUT2D eigenvalue weighted by Gasteiger charge is 2.26. The van der Waals surface area contributed by atoms with Gasteiger partial charge in [0.25, 0.3) is 0 Å². The summed E-state index contributed by atoms with van der Waals surface area (Å²) in [4.78, 5) is 0. The normalized spacial score (nSPS) is 22.9. The van der Waals surface area contributed by atoms with Gasteiger partial charge < -0.3 is 0 Å². The fourth-order valence-electron chi connectivity index (χ4n) is 1.97. The van der Waals surface area contributed by atoms with Crippen molar-refractivity contribution in [2.24, 2.45) is 11.8 Å². The van der Waals surface area contributed by atoms with Gasteiger partial charge in [-0.15, -0.1) is 0 Å². The van der Waals surface area contributed by atoms with E-state index in [1.165, 1.54) is 25.7 Å². The molecule has 1 fully saturated rings. The molecule has 0 aromatic heterocycles. The van der Waals surface area contributed by atoms with Crippen LogP contribution in [0, 0.1) is 11.8 Å². The van der Waals surface area contributed by atoms with Gasteiger partial charge in [0, 0.05) is 0 Å². The van der Waals surface area contributed by atoms with Crippen molar-refractivity contribution in [2.75, 3.05) is 0 Å². The number of hydrogen-bond acceptors (Lipinski definition) is 0. The van der Waals surface area contributed by atoms with Gasteiger partial charge in [0.1, 0.15) is 0 Å². The van der Waals surface area contributed by atoms with E-state index >= 15 is 0 Å². The van der Waals surface area contributed by atoms with Crippen LogP contribution in [0.3, 0.4) is 0 Å². The minimum absolute atomic E-state index is 0.822. The molecule has 2 rings (SSSR count). The predicted molar refractivity (Wildman–Crippen MR) is 53.0 cm³/mol. The van der Waals surface area contributed by atoms with Crippen molar-refractivity contribution in [1.29, 1.82) is 0 Å². The Balaban J connectivity index is 1.91. The molecule has 0 aliphatic heterocycles. The summed E-state index contributed by atoms with van der Waals surface area (Å²) < 4.78 is 0. The molecule has 1 saturated carbocycles. The van der Waals surface area contributed by atoms with Crippen LogP contribution in [0.4, 0.5) is 0 Å². The highest BCUT2D eigenvalue weighted by atomic mass is 14.3. The van der Waals surface area contributed by atoms with Crippen molar-refractivity contribution in [1.82, 2.24) is 0 Å². The minimum atomic E-state index is 0.822. The second kappa shape index (κ2) is 3.08. The largest absolute Gasteiger partial charge is 0.0770 e. The Bertz CT molecular complexity index is 226. The maximum Gasteiger partial charge on any atom is -0.0130 e. The summed E-state index contributed by atoms with van der Waals surface area (Å²) in [6, 6.07) is 0. The van der Waals surface area contributed by atoms with Crippen LogP contribution in [0.25, 0.3) is 0 Å². The first-order valence-corrected chi connectivity index (χ1v) is 5.15. The fourth-order valence-corrected chi connectivity index (χ4v) is 1.97. The molecule has 0 radical (unpaired) electrons. The van der Waals surface area contributed by atoms with Gasteiger partial charge in [0.15, 0.2) is 0 Å². The van der Waals surface area contributed by atoms with E-state index in [1.807, 2.05) is 0 Å². The van der Waals surface area contributed by atoms with Crippen LogP contribution in [-0.4, -0.2) is 0 Å². The van der Waals surface area contributed by atoms with Gasteiger partial charge in [-0.25, -0.2) is 0 Å². The lowest BCUT2D eigenvalue weighted by Crippen LogP contribution is -1.88. The highest BCUT2D eigenvalue weighted by molar-refractivity contribution is 5.36. The van der Waals surface area contributed by atoms with E-state index in [9.17, 15) is 0 Å². The van der Waals surface area contributed by atoms with Gasteiger partial charge in [0.05, 0.1) is 0 Å². The highest BCUT2D eigenvalue weighted by Crippen LogP contribution is 2.41. The standard InChI is InChI=1S/C12H18/c1-9(2)7-10-3-4-12(8-10)11-5-6-11/h4,8-9,11H,3,5-7H2,1-2H3. The van der Waals surface area contributed by atoms with Crippen molar-refractivity contribution < 1.29 is 0 Å². The van der Waals surface area contributed by atoms with E-state index in [1.54, 1.807) is 11.1 Å². The number of allylic oxidation sites excluding steroid dienone is 4. The van der Waals surface area contributed by atoms with Crippen LogP contribution in [-0.2, 0) is 0 Å². The SMILES string of the molecule is CC(C)CC1=CC(C2CC2)=CC1. The van der Waals surface area contributed by atoms with E-state index < -0.39 is 0 Å². The van der Waals surface area contributed by atoms with Crippen LogP contribution in [0.5, 0.6) is 0 Å². The van der Waals surface area contributed by atoms with E-state index in [0.717, 1.165) is 11.8 Å². The molecule has 0 bridgehead atoms. The molecule has 0 saturated heterocycles. The molecule has 0 N–H and O–H groups in total. The monoisotopic (exact) mass is 162 g/mol. The fraction of sp³-hybridized carbons (Fsp3) is 0.667. The molecule has 0 heteroatoms. The van der Waals surface area contributed by atoms with E-state index in [4.69, 9.17) is 0 Å². The third-order valence-electron chi connectivity index (χ3n) is 2.69. The molecule has 12 heavy (non-hydrogen) atoms. The summed E-state index contributed by atoms with van der Waals surface area (Å²) in [5.74, 6) is 1.78. The third-order valence-corrected chi connectivity index (χ3v) is 2.69. The molecule has 2 aliphatic carbocycles. The van der Waals surface area contributed by atoms with Crippen LogP contribution >= 0.6 is 0 Å². The van der Waals surface area contributed by atoms with Gasteiger partial charge in [-0.1, -0.05) is 31.6 Å². The van der Waals surface area contributed by atoms with Crippen molar-refractivity contribution in [3.8, 4) is 0 Å². The molecule has 0 heterocycles. The molecule has 0 nitrogen and oxygen atoms in total. The van der Waals surface area contributed by atoms with Crippen LogP contribution in [0.1, 0.15) is 39.5 Å². The average molecular weight is 162 g/mol. The first kappa shape index (κ1) is 8.10. The molecule has 66 valence electrons. The van der Waals surface area contributed by atoms with Crippen molar-refractivity contribution in [3.05, 3.63) is 23.3 Å². The first-order valence-electron chi connectivity index (χ1n) is 5.15. The Morgan fingerprint density at radius 1 is 1.42 bits per heavy atom. The van der Waals surface area contributed by atoms with Crippen molar-refractivity contribution in [2.45, 2.75) is 39.5 Å². The van der Waals surface area contributed by atoms with Gasteiger partial charge >= 0.3 is 0 Å². The molecule has 2 aliphatic rings. The molecule has 0 aromatic rings. The Labute approximate surface area is 75.4 Å². The molecular formula is C12H18. The summed E-state index contributed by atoms with van der Waals surface area (Å²) in [6.07, 6.45) is 10.3. The maximum atomic E-state index is 2.46. The second-order valence-corrected chi connectivity index (χ2v) is 4.58. The molecular weight excluding hydrogens is 144 g/mol. The van der Waals surface area contributed by atoms with Gasteiger partial charge in [0.2, 0.25) is 0 Å². The molecule has 0 unspecified atom stereocenters. The number of rotatable bonds is 3. The molecule has 0 amide bonds. The third kappa shape index (κ3) is 1.80. The zero-order chi connectivity index (χ0) is 8.55. The lowest BCUT2D eigenvalue weighted by atomic mass is 10.0. The van der Waals surface area contributed by atoms with Crippen LogP contribution in [0.2, 0.25) is 0 Å². The molecule has 0 aromatic carbocycles. The van der Waals surface area contributed by atoms with Gasteiger partial charge in [-0.3, -0.25) is 0 Å². The summed E-state index contributed by atoms with van der Waals surface area (Å²) in [7, 11) is 0. The predicted octanol–water partition coefficient (Wildman–Crippen LogP) is 3.70. The summed E-state index contributed by atoms with van der Waals surface area (Å²) in [6.45, 7) is 4.60. The second-order valence-electron chi connectivity index (χ2n) is 4.58. The van der Waals surface area contributed by atoms with E-state index in [-0.39, 0.29) is 0 Å². The summed E-state index contributed by atoms with van der Waals surface area (Å²) in [5.41, 5.74) is 3.30. The average Bonchev–Trinajstić information content (AvgIpc) is 2.73. The van der Waals surface area contributed by atoms with Gasteiger partial charge in [-0.2, -0.15) is 0 Å². The van der Waals surface area contributed by atoms with E-state index in [0.29, 0.717) is 0 Å². The summed E-state index contributed by atoms with van der Waals surface area (Å²) >= 11 is 0. The molecule has 0 atom stereocenters. The lowest BCUT2D eigenvalue weighted by molar-refractivity contribution is 0.637. The topological polar surface area (TPSA) is 0 Å². The Morgan fingerprint density at radius 3 is 2.75 bits per heavy atom. The first-order chi connectivity index (χ1) is 5.75. The maximum absolute atomic E-state index is 2.46. The van der Waals surface area contributed by atoms with Crippen molar-refractivity contribution >= 4 is 0 Å². The zero-order valence-electron chi connectivity index (χ0n) is 8.14. The Kier molecular flexibility index (Phi) is 2.08. The van der Waals surface area contributed by atoms with Crippen molar-refractivity contribution in [3.63, 3.8) is 0 Å². The lowest BCUT2D eigenvalue weighted by Gasteiger charge is -2.03. The quantitative estimate of drug-likeness (QED) is 0.593. The number of hydrogen-bond donors (Lipinski definition) is 0. The van der Waals surface area contributed by atoms with E-state index in [2.05, 4.69) is 26.0 Å². The van der Waals surface area contributed by atoms with Crippen LogP contribution < -0.4 is 0 Å². The van der Waals surface area contributed by atoms with Gasteiger partial charge in [-0.05, 0) is 43.1 Å². The smallest absolute Gasteiger partial charge is 0.0130 e. The Hall–Kier alpha value is -0.520. The summed E-state index contributed by atoms with van der Waals surface area (Å²) in [5, 5.41) is 0. The molecule has 0 spiro atoms. The van der Waals surface area contributed by atoms with Crippen LogP contribution in [0.15, 0.2) is 23.3 Å². The Morgan fingerprint density at radius 2 is 2.17 bits per heavy atom. The zero-order valence-corrected chi connectivity index (χ0v) is 8.14.